The molecule has 0 bridgehead atoms. The first kappa shape index (κ1) is 34.7. The lowest BCUT2D eigenvalue weighted by Crippen LogP contribution is -2.46. The van der Waals surface area contributed by atoms with Crippen molar-refractivity contribution in [2.75, 3.05) is 13.2 Å². The Kier molecular flexibility index (Phi) is 15.2. The van der Waals surface area contributed by atoms with E-state index in [1.807, 2.05) is 27.7 Å². The molecule has 0 saturated heterocycles. The second-order valence-corrected chi connectivity index (χ2v) is 14.9. The minimum Gasteiger partial charge on any atom is -0.461 e. The second kappa shape index (κ2) is 17.5. The molecule has 2 fully saturated rings. The maximum Gasteiger partial charge on any atom is 0.323 e. The molecule has 0 spiro atoms. The Morgan fingerprint density at radius 2 is 1.20 bits per heavy atom. The van der Waals surface area contributed by atoms with Crippen molar-refractivity contribution in [2.45, 2.75) is 142 Å². The van der Waals surface area contributed by atoms with Gasteiger partial charge in [0.1, 0.15) is 24.3 Å². The Hall–Kier alpha value is -1.48. The monoisotopic (exact) mass is 587 g/mol. The molecule has 0 aromatic heterocycles. The number of carbonyl (C=O) groups excluding carboxylic acids is 3. The van der Waals surface area contributed by atoms with Crippen LogP contribution in [0.25, 0.3) is 0 Å². The number of hydrogen-bond donors (Lipinski definition) is 3. The molecule has 0 radical (unpaired) electrons. The highest BCUT2D eigenvalue weighted by Crippen LogP contribution is 2.41. The van der Waals surface area contributed by atoms with E-state index in [4.69, 9.17) is 9.47 Å². The van der Waals surface area contributed by atoms with Crippen LogP contribution in [0.4, 0.5) is 0 Å². The van der Waals surface area contributed by atoms with Gasteiger partial charge in [0.15, 0.2) is 0 Å². The van der Waals surface area contributed by atoms with Crippen LogP contribution >= 0.6 is 7.44 Å². The molecule has 0 aromatic carbocycles. The molecule has 0 aliphatic heterocycles. The molecular formula is C29H54N3O7P. The molecule has 0 unspecified atom stereocenters. The van der Waals surface area contributed by atoms with Gasteiger partial charge in [0, 0.05) is 19.6 Å². The van der Waals surface area contributed by atoms with Gasteiger partial charge in [-0.15, -0.1) is 0 Å². The Morgan fingerprint density at radius 1 is 0.800 bits per heavy atom. The molecule has 2 aliphatic rings. The highest BCUT2D eigenvalue weighted by Gasteiger charge is 2.37. The number of nitrogens with one attached hydrogen (secondary N) is 2. The average Bonchev–Trinajstić information content (AvgIpc) is 2.88. The fraction of sp³-hybridized carbons (Fsp3) is 0.897. The summed E-state index contributed by atoms with van der Waals surface area (Å²) in [5.74, 6) is -1.12. The van der Waals surface area contributed by atoms with Gasteiger partial charge < -0.3 is 9.47 Å². The van der Waals surface area contributed by atoms with E-state index in [-0.39, 0.29) is 43.0 Å². The normalized spacial score (nSPS) is 18.9. The fourth-order valence-electron chi connectivity index (χ4n) is 5.49. The van der Waals surface area contributed by atoms with Gasteiger partial charge in [-0.2, -0.15) is 0 Å². The molecule has 1 amide bonds. The van der Waals surface area contributed by atoms with Gasteiger partial charge in [0.05, 0.1) is 0 Å². The van der Waals surface area contributed by atoms with Crippen molar-refractivity contribution in [3.8, 4) is 0 Å². The number of carbonyl (C=O) groups is 3. The van der Waals surface area contributed by atoms with Crippen molar-refractivity contribution < 1.29 is 33.6 Å². The molecule has 2 saturated carbocycles. The van der Waals surface area contributed by atoms with Crippen molar-refractivity contribution in [3.05, 3.63) is 0 Å². The highest BCUT2D eigenvalue weighted by atomic mass is 31.2. The molecule has 232 valence electrons. The van der Waals surface area contributed by atoms with Gasteiger partial charge in [0.2, 0.25) is 13.4 Å². The summed E-state index contributed by atoms with van der Waals surface area (Å²) in [5, 5.41) is 16.2. The largest absolute Gasteiger partial charge is 0.461 e. The van der Waals surface area contributed by atoms with Gasteiger partial charge >= 0.3 is 11.9 Å². The molecular weight excluding hydrogens is 533 g/mol. The van der Waals surface area contributed by atoms with Crippen LogP contribution in [-0.2, 0) is 28.4 Å². The molecule has 0 heterocycles. The SMILES string of the molecule is CC(C)C[C@H](NP(=O)(CCCC(=O)N(C)O)N[C@@H](CC(C)C)C(=O)OC1CCCCC1)C(=O)OC1CCCCC1. The molecule has 2 atom stereocenters. The van der Waals surface area contributed by atoms with E-state index in [2.05, 4.69) is 10.2 Å². The van der Waals surface area contributed by atoms with E-state index in [1.54, 1.807) is 0 Å². The first-order chi connectivity index (χ1) is 18.9. The van der Waals surface area contributed by atoms with E-state index >= 15 is 0 Å². The smallest absolute Gasteiger partial charge is 0.323 e. The summed E-state index contributed by atoms with van der Waals surface area (Å²) >= 11 is 0. The average molecular weight is 588 g/mol. The first-order valence-electron chi connectivity index (χ1n) is 15.4. The lowest BCUT2D eigenvalue weighted by Gasteiger charge is -2.32. The number of amides is 1. The van der Waals surface area contributed by atoms with Crippen molar-refractivity contribution in [1.29, 1.82) is 0 Å². The predicted octanol–water partition coefficient (Wildman–Crippen LogP) is 5.57. The van der Waals surface area contributed by atoms with Gasteiger partial charge in [-0.3, -0.25) is 24.2 Å². The minimum atomic E-state index is -3.60. The first-order valence-corrected chi connectivity index (χ1v) is 17.3. The van der Waals surface area contributed by atoms with E-state index in [9.17, 15) is 24.2 Å². The molecule has 0 aromatic rings. The summed E-state index contributed by atoms with van der Waals surface area (Å²) < 4.78 is 26.2. The molecule has 3 N–H and O–H groups in total. The zero-order chi connectivity index (χ0) is 29.7. The third kappa shape index (κ3) is 13.0. The molecule has 2 rings (SSSR count). The van der Waals surface area contributed by atoms with Crippen LogP contribution in [0, 0.1) is 11.8 Å². The zero-order valence-corrected chi connectivity index (χ0v) is 26.3. The van der Waals surface area contributed by atoms with Crippen LogP contribution in [0.3, 0.4) is 0 Å². The highest BCUT2D eigenvalue weighted by molar-refractivity contribution is 7.59. The van der Waals surface area contributed by atoms with E-state index in [1.165, 1.54) is 7.05 Å². The van der Waals surface area contributed by atoms with Gasteiger partial charge in [0.25, 0.3) is 0 Å². The number of nitrogens with zero attached hydrogens (tertiary/aromatic N) is 1. The number of esters is 2. The van der Waals surface area contributed by atoms with Gasteiger partial charge in [-0.1, -0.05) is 40.5 Å². The summed E-state index contributed by atoms with van der Waals surface area (Å²) in [5.41, 5.74) is 0. The third-order valence-corrected chi connectivity index (χ3v) is 10.0. The topological polar surface area (TPSA) is 134 Å². The predicted molar refractivity (Wildman–Crippen MR) is 155 cm³/mol. The Bertz CT molecular complexity index is 787. The standard InChI is InChI=1S/C29H54N3O7P/c1-21(2)19-25(28(34)38-23-13-8-6-9-14-23)30-40(37,18-12-17-27(33)32(5)36)31-26(20-22(3)4)29(35)39-24-15-10-7-11-16-24/h21-26,36H,6-20H2,1-5H3,(H2,30,31,37)/t25-,26-/m0/s1. The number of rotatable bonds is 16. The van der Waals surface area contributed by atoms with Crippen LogP contribution in [0.15, 0.2) is 0 Å². The van der Waals surface area contributed by atoms with Crippen LogP contribution in [0.1, 0.15) is 118 Å². The summed E-state index contributed by atoms with van der Waals surface area (Å²) in [7, 11) is -2.35. The van der Waals surface area contributed by atoms with E-state index in [0.29, 0.717) is 17.9 Å². The van der Waals surface area contributed by atoms with E-state index in [0.717, 1.165) is 64.2 Å². The molecule has 11 heteroatoms. The quantitative estimate of drug-likeness (QED) is 0.0917. The van der Waals surface area contributed by atoms with Crippen LogP contribution < -0.4 is 10.2 Å². The van der Waals surface area contributed by atoms with Gasteiger partial charge in [-0.25, -0.2) is 15.2 Å². The summed E-state index contributed by atoms with van der Waals surface area (Å²) in [6, 6.07) is -1.66. The second-order valence-electron chi connectivity index (χ2n) is 12.5. The molecule has 10 nitrogen and oxygen atoms in total. The van der Waals surface area contributed by atoms with Crippen molar-refractivity contribution in [1.82, 2.24) is 15.2 Å². The Labute approximate surface area is 241 Å². The lowest BCUT2D eigenvalue weighted by atomic mass is 9.97. The Balaban J connectivity index is 2.25. The van der Waals surface area contributed by atoms with Gasteiger partial charge in [-0.05, 0) is 82.5 Å². The number of ether oxygens (including phenoxy) is 2. The van der Waals surface area contributed by atoms with E-state index < -0.39 is 37.4 Å². The summed E-state index contributed by atoms with van der Waals surface area (Å²) in [6.07, 6.45) is 10.4. The molecule has 2 aliphatic carbocycles. The van der Waals surface area contributed by atoms with Crippen LogP contribution in [-0.4, -0.2) is 65.6 Å². The van der Waals surface area contributed by atoms with Crippen molar-refractivity contribution in [2.24, 2.45) is 11.8 Å². The van der Waals surface area contributed by atoms with Crippen LogP contribution in [0.2, 0.25) is 0 Å². The zero-order valence-electron chi connectivity index (χ0n) is 25.4. The third-order valence-electron chi connectivity index (χ3n) is 7.61. The fourth-order valence-corrected chi connectivity index (χ4v) is 7.85. The minimum absolute atomic E-state index is 0.0171. The number of hydrogen-bond acceptors (Lipinski definition) is 7. The maximum atomic E-state index is 14.5. The van der Waals surface area contributed by atoms with Crippen LogP contribution in [0.5, 0.6) is 0 Å². The van der Waals surface area contributed by atoms with Crippen molar-refractivity contribution in [3.63, 3.8) is 0 Å². The lowest BCUT2D eigenvalue weighted by molar-refractivity contribution is -0.159. The number of hydroxylamine groups is 2. The molecule has 40 heavy (non-hydrogen) atoms. The van der Waals surface area contributed by atoms with Crippen molar-refractivity contribution >= 4 is 25.3 Å². The Morgan fingerprint density at radius 3 is 1.55 bits per heavy atom. The summed E-state index contributed by atoms with van der Waals surface area (Å²) in [6.45, 7) is 7.94. The summed E-state index contributed by atoms with van der Waals surface area (Å²) in [4.78, 5) is 38.7. The maximum absolute atomic E-state index is 14.5.